The van der Waals surface area contributed by atoms with E-state index in [1.807, 2.05) is 30.3 Å². The standard InChI is InChI=1S/C20H27N3O3S/c1-13(2)16-12-21-18(27-16)23-17(24)15(11-14-9-7-6-8-10-14)22-19(25)26-20(3,4)5/h6-10,12-13,15H,11H2,1-5H3,(H,22,25)(H,21,23,24)/t15-/m0/s1. The minimum absolute atomic E-state index is 0.325. The fourth-order valence-corrected chi connectivity index (χ4v) is 3.13. The first-order chi connectivity index (χ1) is 12.6. The number of carbonyl (C=O) groups is 2. The topological polar surface area (TPSA) is 80.3 Å². The van der Waals surface area contributed by atoms with Gasteiger partial charge in [0.05, 0.1) is 0 Å². The van der Waals surface area contributed by atoms with Crippen molar-refractivity contribution < 1.29 is 14.3 Å². The van der Waals surface area contributed by atoms with Gasteiger partial charge in [-0.3, -0.25) is 4.79 Å². The van der Waals surface area contributed by atoms with Gasteiger partial charge in [-0.05, 0) is 32.3 Å². The van der Waals surface area contributed by atoms with Crippen molar-refractivity contribution in [3.8, 4) is 0 Å². The van der Waals surface area contributed by atoms with Crippen molar-refractivity contribution >= 4 is 28.5 Å². The van der Waals surface area contributed by atoms with Crippen LogP contribution in [0.25, 0.3) is 0 Å². The van der Waals surface area contributed by atoms with Crippen LogP contribution in [-0.4, -0.2) is 28.6 Å². The molecule has 2 N–H and O–H groups in total. The number of hydrogen-bond donors (Lipinski definition) is 2. The van der Waals surface area contributed by atoms with Crippen molar-refractivity contribution in [1.29, 1.82) is 0 Å². The van der Waals surface area contributed by atoms with Crippen LogP contribution in [-0.2, 0) is 16.0 Å². The Bertz CT molecular complexity index is 766. The van der Waals surface area contributed by atoms with Crippen molar-refractivity contribution in [1.82, 2.24) is 10.3 Å². The molecule has 2 amide bonds. The zero-order valence-corrected chi connectivity index (χ0v) is 17.2. The monoisotopic (exact) mass is 389 g/mol. The van der Waals surface area contributed by atoms with E-state index in [1.54, 1.807) is 27.0 Å². The number of thiazole rings is 1. The maximum absolute atomic E-state index is 12.8. The molecule has 0 radical (unpaired) electrons. The Morgan fingerprint density at radius 2 is 1.85 bits per heavy atom. The highest BCUT2D eigenvalue weighted by Crippen LogP contribution is 2.25. The molecule has 1 heterocycles. The van der Waals surface area contributed by atoms with Gasteiger partial charge in [0.25, 0.3) is 0 Å². The lowest BCUT2D eigenvalue weighted by molar-refractivity contribution is -0.118. The molecule has 6 nitrogen and oxygen atoms in total. The second kappa shape index (κ2) is 8.99. The third kappa shape index (κ3) is 7.02. The highest BCUT2D eigenvalue weighted by atomic mass is 32.1. The molecular formula is C20H27N3O3S. The molecule has 146 valence electrons. The van der Waals surface area contributed by atoms with E-state index in [0.717, 1.165) is 10.4 Å². The van der Waals surface area contributed by atoms with Crippen molar-refractivity contribution in [2.75, 3.05) is 5.32 Å². The summed E-state index contributed by atoms with van der Waals surface area (Å²) in [6, 6.07) is 8.76. The molecule has 0 aliphatic carbocycles. The van der Waals surface area contributed by atoms with E-state index < -0.39 is 17.7 Å². The molecule has 0 fully saturated rings. The van der Waals surface area contributed by atoms with Gasteiger partial charge in [-0.2, -0.15) is 0 Å². The Labute approximate surface area is 164 Å². The molecule has 7 heteroatoms. The van der Waals surface area contributed by atoms with Gasteiger partial charge in [-0.15, -0.1) is 11.3 Å². The lowest BCUT2D eigenvalue weighted by Crippen LogP contribution is -2.47. The van der Waals surface area contributed by atoms with Crippen LogP contribution < -0.4 is 10.6 Å². The SMILES string of the molecule is CC(C)c1cnc(NC(=O)[C@H](Cc2ccccc2)NC(=O)OC(C)(C)C)s1. The van der Waals surface area contributed by atoms with Gasteiger partial charge in [-0.1, -0.05) is 44.2 Å². The first kappa shape index (κ1) is 20.9. The Morgan fingerprint density at radius 1 is 1.19 bits per heavy atom. The number of nitrogens with one attached hydrogen (secondary N) is 2. The van der Waals surface area contributed by atoms with Crippen LogP contribution in [0.3, 0.4) is 0 Å². The third-order valence-corrected chi connectivity index (χ3v) is 4.83. The number of nitrogens with zero attached hydrogens (tertiary/aromatic N) is 1. The Hall–Kier alpha value is -2.41. The van der Waals surface area contributed by atoms with E-state index in [9.17, 15) is 9.59 Å². The van der Waals surface area contributed by atoms with Gasteiger partial charge in [0.2, 0.25) is 5.91 Å². The Morgan fingerprint density at radius 3 is 2.41 bits per heavy atom. The molecule has 0 aliphatic rings. The summed E-state index contributed by atoms with van der Waals surface area (Å²) in [5.74, 6) is 0.0162. The lowest BCUT2D eigenvalue weighted by atomic mass is 10.1. The highest BCUT2D eigenvalue weighted by molar-refractivity contribution is 7.15. The van der Waals surface area contributed by atoms with E-state index in [0.29, 0.717) is 17.5 Å². The lowest BCUT2D eigenvalue weighted by Gasteiger charge is -2.23. The van der Waals surface area contributed by atoms with Crippen molar-refractivity contribution in [3.05, 3.63) is 47.0 Å². The summed E-state index contributed by atoms with van der Waals surface area (Å²) in [6.45, 7) is 9.48. The van der Waals surface area contributed by atoms with Gasteiger partial charge >= 0.3 is 6.09 Å². The van der Waals surface area contributed by atoms with E-state index in [-0.39, 0.29) is 5.91 Å². The number of rotatable bonds is 6. The number of carbonyl (C=O) groups excluding carboxylic acids is 2. The predicted molar refractivity (Wildman–Crippen MR) is 108 cm³/mol. The summed E-state index contributed by atoms with van der Waals surface area (Å²) in [7, 11) is 0. The molecule has 0 spiro atoms. The molecule has 0 saturated carbocycles. The quantitative estimate of drug-likeness (QED) is 0.770. The van der Waals surface area contributed by atoms with Gasteiger partial charge in [0.1, 0.15) is 11.6 Å². The second-order valence-electron chi connectivity index (χ2n) is 7.60. The van der Waals surface area contributed by atoms with Crippen LogP contribution in [0.2, 0.25) is 0 Å². The number of hydrogen-bond acceptors (Lipinski definition) is 5. The Balaban J connectivity index is 2.11. The van der Waals surface area contributed by atoms with Crippen LogP contribution in [0.15, 0.2) is 36.5 Å². The van der Waals surface area contributed by atoms with Crippen molar-refractivity contribution in [2.24, 2.45) is 0 Å². The van der Waals surface area contributed by atoms with E-state index in [4.69, 9.17) is 4.74 Å². The molecule has 1 atom stereocenters. The maximum Gasteiger partial charge on any atom is 0.408 e. The fraction of sp³-hybridized carbons (Fsp3) is 0.450. The van der Waals surface area contributed by atoms with Crippen LogP contribution in [0.4, 0.5) is 9.93 Å². The zero-order chi connectivity index (χ0) is 20.0. The van der Waals surface area contributed by atoms with E-state index in [2.05, 4.69) is 29.5 Å². The summed E-state index contributed by atoms with van der Waals surface area (Å²) in [5, 5.41) is 6.00. The highest BCUT2D eigenvalue weighted by Gasteiger charge is 2.25. The third-order valence-electron chi connectivity index (χ3n) is 3.61. The molecule has 0 saturated heterocycles. The molecule has 0 bridgehead atoms. The Kier molecular flexibility index (Phi) is 6.96. The van der Waals surface area contributed by atoms with Crippen molar-refractivity contribution in [3.63, 3.8) is 0 Å². The smallest absolute Gasteiger partial charge is 0.408 e. The van der Waals surface area contributed by atoms with Crippen LogP contribution in [0.5, 0.6) is 0 Å². The van der Waals surface area contributed by atoms with E-state index >= 15 is 0 Å². The van der Waals surface area contributed by atoms with Crippen LogP contribution in [0, 0.1) is 0 Å². The summed E-state index contributed by atoms with van der Waals surface area (Å²) in [5.41, 5.74) is 0.301. The number of amides is 2. The fourth-order valence-electron chi connectivity index (χ4n) is 2.31. The second-order valence-corrected chi connectivity index (χ2v) is 8.66. The van der Waals surface area contributed by atoms with Crippen LogP contribution >= 0.6 is 11.3 Å². The average molecular weight is 390 g/mol. The van der Waals surface area contributed by atoms with E-state index in [1.165, 1.54) is 11.3 Å². The van der Waals surface area contributed by atoms with Crippen molar-refractivity contribution in [2.45, 2.75) is 58.6 Å². The zero-order valence-electron chi connectivity index (χ0n) is 16.4. The summed E-state index contributed by atoms with van der Waals surface area (Å²) in [6.07, 6.45) is 1.49. The summed E-state index contributed by atoms with van der Waals surface area (Å²) in [4.78, 5) is 30.3. The molecular weight excluding hydrogens is 362 g/mol. The largest absolute Gasteiger partial charge is 0.444 e. The molecule has 0 unspecified atom stereocenters. The number of aromatic nitrogens is 1. The number of alkyl carbamates (subject to hydrolysis) is 1. The molecule has 0 aliphatic heterocycles. The predicted octanol–water partition coefficient (Wildman–Crippen LogP) is 4.34. The van der Waals surface area contributed by atoms with Gasteiger partial charge in [0.15, 0.2) is 5.13 Å². The molecule has 1 aromatic heterocycles. The van der Waals surface area contributed by atoms with Gasteiger partial charge in [0, 0.05) is 17.5 Å². The first-order valence-corrected chi connectivity index (χ1v) is 9.75. The normalized spacial score (nSPS) is 12.5. The van der Waals surface area contributed by atoms with Gasteiger partial charge < -0.3 is 15.4 Å². The number of ether oxygens (including phenoxy) is 1. The number of benzene rings is 1. The summed E-state index contributed by atoms with van der Waals surface area (Å²) >= 11 is 1.43. The first-order valence-electron chi connectivity index (χ1n) is 8.94. The maximum atomic E-state index is 12.8. The minimum atomic E-state index is -0.770. The van der Waals surface area contributed by atoms with Crippen LogP contribution in [0.1, 0.15) is 51.0 Å². The van der Waals surface area contributed by atoms with Gasteiger partial charge in [-0.25, -0.2) is 9.78 Å². The molecule has 2 aromatic rings. The molecule has 27 heavy (non-hydrogen) atoms. The number of anilines is 1. The summed E-state index contributed by atoms with van der Waals surface area (Å²) < 4.78 is 5.30. The molecule has 2 rings (SSSR count). The molecule has 1 aromatic carbocycles. The average Bonchev–Trinajstić information content (AvgIpc) is 3.02. The minimum Gasteiger partial charge on any atom is -0.444 e.